The summed E-state index contributed by atoms with van der Waals surface area (Å²) in [6.07, 6.45) is 4.21. The van der Waals surface area contributed by atoms with E-state index < -0.39 is 11.1 Å². The third-order valence-corrected chi connectivity index (χ3v) is 11.8. The van der Waals surface area contributed by atoms with Crippen LogP contribution >= 0.6 is 23.5 Å². The van der Waals surface area contributed by atoms with Crippen LogP contribution in [-0.4, -0.2) is 46.4 Å². The Hall–Kier alpha value is -3.82. The lowest BCUT2D eigenvalue weighted by atomic mass is 9.93. The summed E-state index contributed by atoms with van der Waals surface area (Å²) in [7, 11) is 0. The Morgan fingerprint density at radius 2 is 1.39 bits per heavy atom. The highest BCUT2D eigenvalue weighted by molar-refractivity contribution is 7.99. The maximum atomic E-state index is 12.6. The minimum Gasteiger partial charge on any atom is -0.456 e. The number of hydrogen-bond donors (Lipinski definition) is 1. The van der Waals surface area contributed by atoms with Crippen LogP contribution in [0.3, 0.4) is 0 Å². The lowest BCUT2D eigenvalue weighted by Gasteiger charge is -2.25. The van der Waals surface area contributed by atoms with Gasteiger partial charge in [0.2, 0.25) is 5.36 Å². The number of nitrogens with zero attached hydrogens (tertiary/aromatic N) is 2. The van der Waals surface area contributed by atoms with Crippen molar-refractivity contribution >= 4 is 51.3 Å². The summed E-state index contributed by atoms with van der Waals surface area (Å²) in [4.78, 5) is 5.45. The lowest BCUT2D eigenvalue weighted by Crippen LogP contribution is -2.32. The average Bonchev–Trinajstić information content (AvgIpc) is 3.16. The van der Waals surface area contributed by atoms with E-state index in [2.05, 4.69) is 120 Å². The SMILES string of the molecule is CCCN(CCCSc1ccccc1)c1ccc2c(-c3ccccc3S(=O)O)c3ccc(=[N+](CCC)CCCSc4ccccc4)cc-3oc2c1. The number of hydrogen-bond acceptors (Lipinski definition) is 5. The van der Waals surface area contributed by atoms with Gasteiger partial charge in [0.15, 0.2) is 11.1 Å². The number of benzene rings is 5. The van der Waals surface area contributed by atoms with E-state index in [4.69, 9.17) is 4.42 Å². The van der Waals surface area contributed by atoms with Gasteiger partial charge in [-0.3, -0.25) is 0 Å². The first kappa shape index (κ1) is 37.0. The van der Waals surface area contributed by atoms with Crippen molar-refractivity contribution in [3.8, 4) is 22.5 Å². The van der Waals surface area contributed by atoms with Gasteiger partial charge in [-0.1, -0.05) is 68.4 Å². The number of anilines is 1. The minimum atomic E-state index is -2.14. The molecule has 0 amide bonds. The summed E-state index contributed by atoms with van der Waals surface area (Å²) in [5.74, 6) is 2.87. The van der Waals surface area contributed by atoms with Crippen molar-refractivity contribution in [1.29, 1.82) is 0 Å². The fourth-order valence-electron chi connectivity index (χ4n) is 6.58. The largest absolute Gasteiger partial charge is 0.456 e. The van der Waals surface area contributed by atoms with Crippen LogP contribution in [0.25, 0.3) is 33.4 Å². The highest BCUT2D eigenvalue weighted by Gasteiger charge is 2.22. The molecular weight excluding hydrogens is 689 g/mol. The Morgan fingerprint density at radius 3 is 2.08 bits per heavy atom. The van der Waals surface area contributed by atoms with E-state index in [1.165, 1.54) is 9.79 Å². The molecule has 2 aliphatic rings. The molecule has 4 aromatic carbocycles. The maximum Gasteiger partial charge on any atom is 0.203 e. The molecule has 0 saturated heterocycles. The van der Waals surface area contributed by atoms with Crippen LogP contribution in [0.2, 0.25) is 0 Å². The van der Waals surface area contributed by atoms with Crippen LogP contribution in [0.1, 0.15) is 39.5 Å². The second kappa shape index (κ2) is 18.6. The lowest BCUT2D eigenvalue weighted by molar-refractivity contribution is 0.555. The molecule has 1 heterocycles. The maximum absolute atomic E-state index is 12.6. The van der Waals surface area contributed by atoms with Gasteiger partial charge in [0.05, 0.1) is 11.0 Å². The van der Waals surface area contributed by atoms with Crippen LogP contribution in [0, 0.1) is 0 Å². The molecule has 1 N–H and O–H groups in total. The number of rotatable bonds is 17. The van der Waals surface area contributed by atoms with Crippen molar-refractivity contribution in [3.05, 3.63) is 127 Å². The molecule has 5 nitrogen and oxygen atoms in total. The van der Waals surface area contributed by atoms with Crippen LogP contribution in [-0.2, 0) is 11.1 Å². The molecule has 0 saturated carbocycles. The Balaban J connectivity index is 1.38. The summed E-state index contributed by atoms with van der Waals surface area (Å²) in [6.45, 7) is 8.24. The summed E-state index contributed by atoms with van der Waals surface area (Å²) < 4.78 is 32.2. The van der Waals surface area contributed by atoms with Gasteiger partial charge in [-0.15, -0.1) is 23.5 Å². The van der Waals surface area contributed by atoms with Gasteiger partial charge in [-0.05, 0) is 67.1 Å². The second-order valence-electron chi connectivity index (χ2n) is 12.6. The molecule has 1 aliphatic carbocycles. The van der Waals surface area contributed by atoms with Crippen molar-refractivity contribution in [3.63, 3.8) is 0 Å². The fraction of sp³-hybridized carbons (Fsp3) is 0.279. The van der Waals surface area contributed by atoms with Gasteiger partial charge in [0.25, 0.3) is 0 Å². The molecule has 0 spiro atoms. The van der Waals surface area contributed by atoms with Crippen LogP contribution in [0.15, 0.2) is 140 Å². The van der Waals surface area contributed by atoms with Crippen molar-refractivity contribution < 1.29 is 13.2 Å². The van der Waals surface area contributed by atoms with Crippen molar-refractivity contribution in [1.82, 2.24) is 4.58 Å². The van der Waals surface area contributed by atoms with Gasteiger partial charge in [0, 0.05) is 81.4 Å². The smallest absolute Gasteiger partial charge is 0.203 e. The summed E-state index contributed by atoms with van der Waals surface area (Å²) in [5.41, 5.74) is 4.49. The molecule has 0 radical (unpaired) electrons. The minimum absolute atomic E-state index is 0.395. The molecule has 0 aromatic heterocycles. The van der Waals surface area contributed by atoms with Crippen LogP contribution < -0.4 is 14.8 Å². The first-order valence-corrected chi connectivity index (χ1v) is 21.0. The molecule has 0 bridgehead atoms. The van der Waals surface area contributed by atoms with Crippen molar-refractivity contribution in [2.75, 3.05) is 42.6 Å². The highest BCUT2D eigenvalue weighted by atomic mass is 32.2. The van der Waals surface area contributed by atoms with Gasteiger partial charge < -0.3 is 13.9 Å². The topological polar surface area (TPSA) is 56.7 Å². The van der Waals surface area contributed by atoms with Crippen molar-refractivity contribution in [2.45, 2.75) is 54.2 Å². The zero-order valence-corrected chi connectivity index (χ0v) is 32.0. The number of thioether (sulfide) groups is 2. The van der Waals surface area contributed by atoms with Crippen LogP contribution in [0.4, 0.5) is 5.69 Å². The quantitative estimate of drug-likeness (QED) is 0.0331. The zero-order chi connectivity index (χ0) is 35.4. The van der Waals surface area contributed by atoms with E-state index >= 15 is 0 Å². The third kappa shape index (κ3) is 9.54. The van der Waals surface area contributed by atoms with E-state index in [1.54, 1.807) is 6.07 Å². The summed E-state index contributed by atoms with van der Waals surface area (Å²) in [5, 5.41) is 2.05. The van der Waals surface area contributed by atoms with E-state index in [0.717, 1.165) is 108 Å². The molecular formula is C43H47N2O3S3+. The first-order chi connectivity index (χ1) is 25.1. The molecule has 4 aromatic rings. The summed E-state index contributed by atoms with van der Waals surface area (Å²) >= 11 is 1.65. The van der Waals surface area contributed by atoms with Gasteiger partial charge in [-0.25, -0.2) is 8.78 Å². The molecule has 6 rings (SSSR count). The molecule has 1 aliphatic heterocycles. The van der Waals surface area contributed by atoms with Gasteiger partial charge in [0.1, 0.15) is 24.4 Å². The van der Waals surface area contributed by atoms with Gasteiger partial charge >= 0.3 is 0 Å². The Bertz CT molecular complexity index is 2080. The standard InChI is InChI=1S/C43H46N2O3S3/c1-3-25-44(27-13-29-49-35-15-7-5-8-16-35)33-21-23-37-40(31-33)48-41-32-34(45(26-4-2)28-14-30-50-36-17-9-6-10-18-36)22-24-38(41)43(37)39-19-11-12-20-42(39)51(46)47/h5-12,15-24,31-32H,3-4,13-14,25-30H2,1-2H3/p+1. The average molecular weight is 736 g/mol. The number of fused-ring (bicyclic) bond motifs is 2. The van der Waals surface area contributed by atoms with Crippen LogP contribution in [0.5, 0.6) is 0 Å². The summed E-state index contributed by atoms with van der Waals surface area (Å²) in [6, 6.07) is 41.5. The van der Waals surface area contributed by atoms with E-state index in [1.807, 2.05) is 41.7 Å². The molecule has 51 heavy (non-hydrogen) atoms. The zero-order valence-electron chi connectivity index (χ0n) is 29.5. The molecule has 0 fully saturated rings. The predicted molar refractivity (Wildman–Crippen MR) is 219 cm³/mol. The predicted octanol–water partition coefficient (Wildman–Crippen LogP) is 10.5. The third-order valence-electron chi connectivity index (χ3n) is 8.92. The Labute approximate surface area is 313 Å². The fourth-order valence-corrected chi connectivity index (χ4v) is 8.85. The Kier molecular flexibility index (Phi) is 13.5. The van der Waals surface area contributed by atoms with E-state index in [9.17, 15) is 8.76 Å². The van der Waals surface area contributed by atoms with E-state index in [0.29, 0.717) is 4.90 Å². The van der Waals surface area contributed by atoms with Gasteiger partial charge in [-0.2, -0.15) is 0 Å². The second-order valence-corrected chi connectivity index (χ2v) is 15.9. The Morgan fingerprint density at radius 1 is 0.706 bits per heavy atom. The normalized spacial score (nSPS) is 12.7. The first-order valence-electron chi connectivity index (χ1n) is 17.9. The highest BCUT2D eigenvalue weighted by Crippen LogP contribution is 2.42. The molecule has 1 unspecified atom stereocenters. The monoisotopic (exact) mass is 735 g/mol. The van der Waals surface area contributed by atoms with Crippen molar-refractivity contribution in [2.24, 2.45) is 0 Å². The molecule has 264 valence electrons. The van der Waals surface area contributed by atoms with E-state index in [-0.39, 0.29) is 0 Å². The molecule has 1 atom stereocenters. The molecule has 8 heteroatoms.